The number of carbonyl (C=O) groups is 2. The lowest BCUT2D eigenvalue weighted by Crippen LogP contribution is -2.29. The second kappa shape index (κ2) is 8.79. The van der Waals surface area contributed by atoms with Crippen LogP contribution in [-0.4, -0.2) is 23.9 Å². The molecule has 0 saturated carbocycles. The van der Waals surface area contributed by atoms with Crippen LogP contribution in [0.25, 0.3) is 11.3 Å². The van der Waals surface area contributed by atoms with Crippen LogP contribution in [0.15, 0.2) is 47.2 Å². The minimum absolute atomic E-state index is 0.150. The zero-order valence-electron chi connectivity index (χ0n) is 14.9. The number of nitrogens with zero attached hydrogens (tertiary/aromatic N) is 1. The van der Waals surface area contributed by atoms with Gasteiger partial charge in [-0.3, -0.25) is 9.59 Å². The predicted octanol–water partition coefficient (Wildman–Crippen LogP) is 4.09. The lowest BCUT2D eigenvalue weighted by Gasteiger charge is -2.15. The Morgan fingerprint density at radius 1 is 1.19 bits per heavy atom. The van der Waals surface area contributed by atoms with Crippen molar-refractivity contribution in [1.29, 1.82) is 0 Å². The quantitative estimate of drug-likeness (QED) is 0.625. The van der Waals surface area contributed by atoms with Crippen molar-refractivity contribution < 1.29 is 14.3 Å². The maximum absolute atomic E-state index is 12.4. The van der Waals surface area contributed by atoms with Crippen molar-refractivity contribution in [2.45, 2.75) is 19.4 Å². The number of hydrogen-bond donors (Lipinski definition) is 2. The minimum atomic E-state index is -0.344. The number of nitrogens with one attached hydrogen (secondary N) is 2. The summed E-state index contributed by atoms with van der Waals surface area (Å²) in [4.78, 5) is 29.3. The molecule has 2 heterocycles. The summed E-state index contributed by atoms with van der Waals surface area (Å²) in [7, 11) is 1.62. The van der Waals surface area contributed by atoms with Gasteiger partial charge in [0.1, 0.15) is 5.75 Å². The van der Waals surface area contributed by atoms with Crippen molar-refractivity contribution in [3.8, 4) is 17.0 Å². The molecule has 2 amide bonds. The number of aromatic nitrogens is 1. The average Bonchev–Trinajstić information content (AvgIpc) is 3.33. The van der Waals surface area contributed by atoms with E-state index in [4.69, 9.17) is 4.74 Å². The Kier molecular flexibility index (Phi) is 6.20. The number of benzene rings is 1. The lowest BCUT2D eigenvalue weighted by molar-refractivity contribution is -0.120. The summed E-state index contributed by atoms with van der Waals surface area (Å²) in [6.45, 7) is 1.44. The highest BCUT2D eigenvalue weighted by Gasteiger charge is 2.19. The van der Waals surface area contributed by atoms with E-state index in [0.717, 1.165) is 21.9 Å². The van der Waals surface area contributed by atoms with E-state index >= 15 is 0 Å². The van der Waals surface area contributed by atoms with Crippen molar-refractivity contribution in [3.05, 3.63) is 52.0 Å². The first kappa shape index (κ1) is 19.1. The summed E-state index contributed by atoms with van der Waals surface area (Å²) < 4.78 is 5.15. The Balaban J connectivity index is 1.65. The summed E-state index contributed by atoms with van der Waals surface area (Å²) in [5.41, 5.74) is 1.73. The normalized spacial score (nSPS) is 11.6. The third kappa shape index (κ3) is 5.15. The Labute approximate surface area is 165 Å². The van der Waals surface area contributed by atoms with Gasteiger partial charge in [0.05, 0.1) is 25.3 Å². The average molecular weight is 402 g/mol. The molecule has 8 heteroatoms. The standard InChI is InChI=1S/C19H19N3O3S2/c1-12(23)20-15(17-4-3-9-26-17)10-18(24)22-19-21-16(11-27-19)13-5-7-14(25-2)8-6-13/h3-9,11,15H,10H2,1-2H3,(H,20,23)(H,21,22,24). The van der Waals surface area contributed by atoms with Gasteiger partial charge in [-0.1, -0.05) is 6.07 Å². The predicted molar refractivity (Wildman–Crippen MR) is 108 cm³/mol. The van der Waals surface area contributed by atoms with Crippen LogP contribution in [0, 0.1) is 0 Å². The van der Waals surface area contributed by atoms with E-state index in [1.165, 1.54) is 29.6 Å². The van der Waals surface area contributed by atoms with Crippen LogP contribution in [0.1, 0.15) is 24.3 Å². The van der Waals surface area contributed by atoms with Gasteiger partial charge in [-0.25, -0.2) is 4.98 Å². The van der Waals surface area contributed by atoms with Gasteiger partial charge < -0.3 is 15.4 Å². The van der Waals surface area contributed by atoms with Crippen LogP contribution in [0.3, 0.4) is 0 Å². The molecule has 1 unspecified atom stereocenters. The highest BCUT2D eigenvalue weighted by Crippen LogP contribution is 2.27. The van der Waals surface area contributed by atoms with Crippen LogP contribution in [0.4, 0.5) is 5.13 Å². The van der Waals surface area contributed by atoms with Gasteiger partial charge in [-0.05, 0) is 35.7 Å². The number of thiazole rings is 1. The van der Waals surface area contributed by atoms with E-state index in [0.29, 0.717) is 5.13 Å². The van der Waals surface area contributed by atoms with Crippen LogP contribution in [-0.2, 0) is 9.59 Å². The van der Waals surface area contributed by atoms with Gasteiger partial charge >= 0.3 is 0 Å². The molecule has 1 aromatic carbocycles. The third-order valence-corrected chi connectivity index (χ3v) is 5.53. The molecular formula is C19H19N3O3S2. The van der Waals surface area contributed by atoms with E-state index in [1.54, 1.807) is 7.11 Å². The minimum Gasteiger partial charge on any atom is -0.497 e. The molecule has 0 spiro atoms. The molecule has 140 valence electrons. The van der Waals surface area contributed by atoms with E-state index in [-0.39, 0.29) is 24.3 Å². The topological polar surface area (TPSA) is 80.3 Å². The Hall–Kier alpha value is -2.71. The summed E-state index contributed by atoms with van der Waals surface area (Å²) in [5, 5.41) is 9.98. The number of ether oxygens (including phenoxy) is 1. The second-order valence-electron chi connectivity index (χ2n) is 5.79. The number of thiophene rings is 1. The molecular weight excluding hydrogens is 382 g/mol. The molecule has 0 bridgehead atoms. The summed E-state index contributed by atoms with van der Waals surface area (Å²) in [5.74, 6) is 0.412. The van der Waals surface area contributed by atoms with Crippen LogP contribution in [0.5, 0.6) is 5.75 Å². The van der Waals surface area contributed by atoms with Gasteiger partial charge in [-0.15, -0.1) is 22.7 Å². The van der Waals surface area contributed by atoms with E-state index in [9.17, 15) is 9.59 Å². The summed E-state index contributed by atoms with van der Waals surface area (Å²) in [6.07, 6.45) is 0.150. The van der Waals surface area contributed by atoms with Crippen LogP contribution < -0.4 is 15.4 Å². The SMILES string of the molecule is COc1ccc(-c2csc(NC(=O)CC(NC(C)=O)c3cccs3)n2)cc1. The first-order chi connectivity index (χ1) is 13.0. The van der Waals surface area contributed by atoms with E-state index < -0.39 is 0 Å². The molecule has 0 fully saturated rings. The molecule has 0 saturated heterocycles. The molecule has 0 aliphatic heterocycles. The summed E-state index contributed by atoms with van der Waals surface area (Å²) >= 11 is 2.87. The van der Waals surface area contributed by atoms with Gasteiger partial charge in [0.2, 0.25) is 11.8 Å². The number of methoxy groups -OCH3 is 1. The van der Waals surface area contributed by atoms with Gasteiger partial charge in [0.15, 0.2) is 5.13 Å². The molecule has 1 atom stereocenters. The number of rotatable bonds is 7. The van der Waals surface area contributed by atoms with Crippen LogP contribution in [0.2, 0.25) is 0 Å². The first-order valence-electron chi connectivity index (χ1n) is 8.25. The molecule has 3 aromatic rings. The Bertz CT molecular complexity index is 905. The molecule has 0 radical (unpaired) electrons. The molecule has 0 aliphatic rings. The van der Waals surface area contributed by atoms with Crippen LogP contribution >= 0.6 is 22.7 Å². The first-order valence-corrected chi connectivity index (χ1v) is 10.0. The smallest absolute Gasteiger partial charge is 0.228 e. The fourth-order valence-corrected chi connectivity index (χ4v) is 4.05. The van der Waals surface area contributed by atoms with E-state index in [1.807, 2.05) is 47.2 Å². The molecule has 2 aromatic heterocycles. The molecule has 6 nitrogen and oxygen atoms in total. The number of amides is 2. The molecule has 27 heavy (non-hydrogen) atoms. The maximum atomic E-state index is 12.4. The second-order valence-corrected chi connectivity index (χ2v) is 7.62. The summed E-state index contributed by atoms with van der Waals surface area (Å²) in [6, 6.07) is 11.0. The number of carbonyl (C=O) groups excluding carboxylic acids is 2. The largest absolute Gasteiger partial charge is 0.497 e. The number of hydrogen-bond acceptors (Lipinski definition) is 6. The van der Waals surface area contributed by atoms with Crippen molar-refractivity contribution >= 4 is 39.6 Å². The lowest BCUT2D eigenvalue weighted by atomic mass is 10.1. The number of anilines is 1. The molecule has 0 aliphatic carbocycles. The Morgan fingerprint density at radius 3 is 2.59 bits per heavy atom. The Morgan fingerprint density at radius 2 is 1.96 bits per heavy atom. The zero-order chi connectivity index (χ0) is 19.2. The van der Waals surface area contributed by atoms with Gasteiger partial charge in [0, 0.05) is 22.7 Å². The zero-order valence-corrected chi connectivity index (χ0v) is 16.5. The fraction of sp³-hybridized carbons (Fsp3) is 0.211. The van der Waals surface area contributed by atoms with Crippen molar-refractivity contribution in [1.82, 2.24) is 10.3 Å². The third-order valence-electron chi connectivity index (χ3n) is 3.79. The highest BCUT2D eigenvalue weighted by molar-refractivity contribution is 7.14. The van der Waals surface area contributed by atoms with Crippen molar-refractivity contribution in [2.75, 3.05) is 12.4 Å². The molecule has 3 rings (SSSR count). The molecule has 2 N–H and O–H groups in total. The maximum Gasteiger partial charge on any atom is 0.228 e. The fourth-order valence-electron chi connectivity index (χ4n) is 2.54. The highest BCUT2D eigenvalue weighted by atomic mass is 32.1. The van der Waals surface area contributed by atoms with E-state index in [2.05, 4.69) is 15.6 Å². The van der Waals surface area contributed by atoms with Crippen molar-refractivity contribution in [2.24, 2.45) is 0 Å². The van der Waals surface area contributed by atoms with Gasteiger partial charge in [-0.2, -0.15) is 0 Å². The monoisotopic (exact) mass is 401 g/mol. The van der Waals surface area contributed by atoms with Gasteiger partial charge in [0.25, 0.3) is 0 Å². The van der Waals surface area contributed by atoms with Crippen molar-refractivity contribution in [3.63, 3.8) is 0 Å².